The summed E-state index contributed by atoms with van der Waals surface area (Å²) in [6.07, 6.45) is -4.69. The lowest BCUT2D eigenvalue weighted by Gasteiger charge is -2.05. The van der Waals surface area contributed by atoms with E-state index in [0.29, 0.717) is 5.02 Å². The van der Waals surface area contributed by atoms with Gasteiger partial charge in [0.05, 0.1) is 12.3 Å². The minimum Gasteiger partial charge on any atom is -0.391 e. The number of rotatable bonds is 2. The summed E-state index contributed by atoms with van der Waals surface area (Å²) in [5, 5.41) is 12.6. The summed E-state index contributed by atoms with van der Waals surface area (Å²) in [6.45, 7) is 0.907. The van der Waals surface area contributed by atoms with E-state index in [9.17, 15) is 13.2 Å². The van der Waals surface area contributed by atoms with Crippen molar-refractivity contribution in [2.75, 3.05) is 0 Å². The Balaban J connectivity index is 2.63. The highest BCUT2D eigenvalue weighted by molar-refractivity contribution is 6.32. The molecule has 0 atom stereocenters. The molecule has 8 heteroatoms. The maximum atomic E-state index is 12.8. The molecular formula is C12H9Cl2F3N2O. The largest absolute Gasteiger partial charge is 0.435 e. The van der Waals surface area contributed by atoms with Crippen LogP contribution in [0.15, 0.2) is 18.2 Å². The summed E-state index contributed by atoms with van der Waals surface area (Å²) < 4.78 is 39.4. The number of aromatic nitrogens is 2. The van der Waals surface area contributed by atoms with Crippen LogP contribution < -0.4 is 0 Å². The normalized spacial score (nSPS) is 11.9. The van der Waals surface area contributed by atoms with Crippen LogP contribution in [0.5, 0.6) is 0 Å². The summed E-state index contributed by atoms with van der Waals surface area (Å²) in [7, 11) is 0. The van der Waals surface area contributed by atoms with Crippen LogP contribution in [-0.2, 0) is 12.8 Å². The molecular weight excluding hydrogens is 316 g/mol. The highest BCUT2D eigenvalue weighted by Gasteiger charge is 2.39. The monoisotopic (exact) mass is 324 g/mol. The topological polar surface area (TPSA) is 38.0 Å². The van der Waals surface area contributed by atoms with E-state index >= 15 is 0 Å². The van der Waals surface area contributed by atoms with Crippen LogP contribution in [0.2, 0.25) is 10.2 Å². The van der Waals surface area contributed by atoms with Gasteiger partial charge in [-0.05, 0) is 24.6 Å². The van der Waals surface area contributed by atoms with Crippen molar-refractivity contribution in [2.24, 2.45) is 0 Å². The first kappa shape index (κ1) is 15.2. The summed E-state index contributed by atoms with van der Waals surface area (Å²) in [4.78, 5) is 0. The highest BCUT2D eigenvalue weighted by atomic mass is 35.5. The number of hydrogen-bond donors (Lipinski definition) is 1. The van der Waals surface area contributed by atoms with Gasteiger partial charge in [-0.3, -0.25) is 0 Å². The minimum atomic E-state index is -4.69. The van der Waals surface area contributed by atoms with Gasteiger partial charge in [0.15, 0.2) is 5.69 Å². The molecule has 1 N–H and O–H groups in total. The molecule has 0 unspecified atom stereocenters. The minimum absolute atomic E-state index is 0.288. The van der Waals surface area contributed by atoms with Crippen LogP contribution in [0.3, 0.4) is 0 Å². The molecule has 0 aliphatic carbocycles. The van der Waals surface area contributed by atoms with E-state index in [4.69, 9.17) is 28.3 Å². The standard InChI is InChI=1S/C12H9Cl2F3N2O/c1-6-2-3-7(4-9(6)13)19-11(14)8(5-20)10(18-19)12(15,16)17/h2-4,20H,5H2,1H3. The lowest BCUT2D eigenvalue weighted by molar-refractivity contribution is -0.142. The van der Waals surface area contributed by atoms with Gasteiger partial charge in [0.1, 0.15) is 5.15 Å². The van der Waals surface area contributed by atoms with Crippen LogP contribution in [0, 0.1) is 6.92 Å². The first-order valence-electron chi connectivity index (χ1n) is 5.47. The summed E-state index contributed by atoms with van der Waals surface area (Å²) in [6, 6.07) is 4.64. The molecule has 0 aliphatic rings. The number of alkyl halides is 3. The number of hydrogen-bond acceptors (Lipinski definition) is 2. The van der Waals surface area contributed by atoms with E-state index in [1.165, 1.54) is 6.07 Å². The Bertz CT molecular complexity index is 653. The van der Waals surface area contributed by atoms with Crippen LogP contribution in [0.4, 0.5) is 13.2 Å². The van der Waals surface area contributed by atoms with E-state index < -0.39 is 24.0 Å². The lowest BCUT2D eigenvalue weighted by atomic mass is 10.2. The van der Waals surface area contributed by atoms with Gasteiger partial charge in [0.2, 0.25) is 0 Å². The van der Waals surface area contributed by atoms with Crippen molar-refractivity contribution in [3.05, 3.63) is 45.2 Å². The first-order chi connectivity index (χ1) is 9.25. The van der Waals surface area contributed by atoms with Gasteiger partial charge in [-0.1, -0.05) is 29.3 Å². The zero-order valence-corrected chi connectivity index (χ0v) is 11.7. The molecule has 2 aromatic rings. The molecule has 108 valence electrons. The molecule has 0 amide bonds. The number of benzene rings is 1. The third kappa shape index (κ3) is 2.63. The third-order valence-electron chi connectivity index (χ3n) is 2.75. The number of nitrogens with zero attached hydrogens (tertiary/aromatic N) is 2. The molecule has 0 saturated carbocycles. The van der Waals surface area contributed by atoms with Crippen molar-refractivity contribution in [3.63, 3.8) is 0 Å². The Kier molecular flexibility index (Phi) is 4.00. The fraction of sp³-hybridized carbons (Fsp3) is 0.250. The molecule has 0 saturated heterocycles. The second-order valence-electron chi connectivity index (χ2n) is 4.12. The van der Waals surface area contributed by atoms with Gasteiger partial charge in [-0.25, -0.2) is 4.68 Å². The fourth-order valence-electron chi connectivity index (χ4n) is 1.68. The smallest absolute Gasteiger partial charge is 0.391 e. The van der Waals surface area contributed by atoms with Crippen LogP contribution in [0.25, 0.3) is 5.69 Å². The zero-order valence-electron chi connectivity index (χ0n) is 10.2. The fourth-order valence-corrected chi connectivity index (χ4v) is 2.14. The molecule has 0 radical (unpaired) electrons. The van der Waals surface area contributed by atoms with E-state index in [-0.39, 0.29) is 10.8 Å². The Labute approximate surface area is 122 Å². The van der Waals surface area contributed by atoms with Crippen molar-refractivity contribution in [2.45, 2.75) is 19.7 Å². The highest BCUT2D eigenvalue weighted by Crippen LogP contribution is 2.35. The maximum absolute atomic E-state index is 12.8. The van der Waals surface area contributed by atoms with Gasteiger partial charge >= 0.3 is 6.18 Å². The number of aliphatic hydroxyl groups is 1. The van der Waals surface area contributed by atoms with E-state index in [1.54, 1.807) is 19.1 Å². The molecule has 1 heterocycles. The summed E-state index contributed by atoms with van der Waals surface area (Å²) in [5.41, 5.74) is -0.606. The Hall–Kier alpha value is -1.24. The van der Waals surface area contributed by atoms with Crippen molar-refractivity contribution in [1.82, 2.24) is 9.78 Å². The maximum Gasteiger partial charge on any atom is 0.435 e. The van der Waals surface area contributed by atoms with Crippen LogP contribution in [-0.4, -0.2) is 14.9 Å². The van der Waals surface area contributed by atoms with Gasteiger partial charge in [-0.15, -0.1) is 0 Å². The van der Waals surface area contributed by atoms with Gasteiger partial charge < -0.3 is 5.11 Å². The number of aliphatic hydroxyl groups excluding tert-OH is 1. The van der Waals surface area contributed by atoms with E-state index in [2.05, 4.69) is 5.10 Å². The van der Waals surface area contributed by atoms with Crippen molar-refractivity contribution in [3.8, 4) is 5.69 Å². The average molecular weight is 325 g/mol. The van der Waals surface area contributed by atoms with Gasteiger partial charge in [0.25, 0.3) is 0 Å². The Morgan fingerprint density at radius 2 is 1.95 bits per heavy atom. The first-order valence-corrected chi connectivity index (χ1v) is 6.23. The molecule has 20 heavy (non-hydrogen) atoms. The molecule has 1 aromatic heterocycles. The predicted octanol–water partition coefficient (Wildman–Crippen LogP) is 4.00. The zero-order chi connectivity index (χ0) is 15.1. The van der Waals surface area contributed by atoms with Crippen molar-refractivity contribution >= 4 is 23.2 Å². The molecule has 0 aliphatic heterocycles. The average Bonchev–Trinajstić information content (AvgIpc) is 2.69. The molecule has 0 bridgehead atoms. The van der Waals surface area contributed by atoms with E-state index in [1.807, 2.05) is 0 Å². The lowest BCUT2D eigenvalue weighted by Crippen LogP contribution is -2.09. The van der Waals surface area contributed by atoms with Crippen LogP contribution >= 0.6 is 23.2 Å². The molecule has 1 aromatic carbocycles. The summed E-state index contributed by atoms with van der Waals surface area (Å²) >= 11 is 11.8. The molecule has 3 nitrogen and oxygen atoms in total. The quantitative estimate of drug-likeness (QED) is 0.906. The summed E-state index contributed by atoms with van der Waals surface area (Å²) in [5.74, 6) is 0. The van der Waals surface area contributed by atoms with Crippen molar-refractivity contribution < 1.29 is 18.3 Å². The van der Waals surface area contributed by atoms with Crippen molar-refractivity contribution in [1.29, 1.82) is 0 Å². The predicted molar refractivity (Wildman–Crippen MR) is 69.2 cm³/mol. The number of halogens is 5. The Morgan fingerprint density at radius 1 is 1.30 bits per heavy atom. The van der Waals surface area contributed by atoms with Gasteiger partial charge in [-0.2, -0.15) is 18.3 Å². The SMILES string of the molecule is Cc1ccc(-n2nc(C(F)(F)F)c(CO)c2Cl)cc1Cl. The molecule has 2 rings (SSSR count). The second-order valence-corrected chi connectivity index (χ2v) is 4.88. The third-order valence-corrected chi connectivity index (χ3v) is 3.54. The second kappa shape index (κ2) is 5.27. The van der Waals surface area contributed by atoms with E-state index in [0.717, 1.165) is 10.2 Å². The van der Waals surface area contributed by atoms with Gasteiger partial charge in [0, 0.05) is 10.6 Å². The van der Waals surface area contributed by atoms with Crippen LogP contribution in [0.1, 0.15) is 16.8 Å². The Morgan fingerprint density at radius 3 is 2.40 bits per heavy atom. The number of aryl methyl sites for hydroxylation is 1. The molecule has 0 spiro atoms. The molecule has 0 fully saturated rings.